The van der Waals surface area contributed by atoms with E-state index in [1.165, 1.54) is 5.56 Å². The van der Waals surface area contributed by atoms with E-state index in [9.17, 15) is 0 Å². The SMILES string of the molecule is COc1ccc(C2Nc3ccccc3N2)cc1. The van der Waals surface area contributed by atoms with Crippen LogP contribution >= 0.6 is 0 Å². The number of rotatable bonds is 2. The molecule has 0 aliphatic carbocycles. The first kappa shape index (κ1) is 10.0. The molecule has 1 aliphatic heterocycles. The minimum Gasteiger partial charge on any atom is -0.497 e. The monoisotopic (exact) mass is 226 g/mol. The lowest BCUT2D eigenvalue weighted by molar-refractivity contribution is 0.414. The summed E-state index contributed by atoms with van der Waals surface area (Å²) in [5.41, 5.74) is 3.49. The van der Waals surface area contributed by atoms with Crippen LogP contribution in [0.15, 0.2) is 48.5 Å². The number of ether oxygens (including phenoxy) is 1. The van der Waals surface area contributed by atoms with Crippen molar-refractivity contribution in [2.45, 2.75) is 6.17 Å². The molecular formula is C14H14N2O. The Labute approximate surface area is 100 Å². The third kappa shape index (κ3) is 1.80. The Morgan fingerprint density at radius 1 is 0.882 bits per heavy atom. The van der Waals surface area contributed by atoms with Crippen LogP contribution in [0.25, 0.3) is 0 Å². The van der Waals surface area contributed by atoms with Crippen LogP contribution in [0.3, 0.4) is 0 Å². The average molecular weight is 226 g/mol. The van der Waals surface area contributed by atoms with Crippen molar-refractivity contribution in [2.75, 3.05) is 17.7 Å². The maximum Gasteiger partial charge on any atom is 0.123 e. The van der Waals surface area contributed by atoms with E-state index >= 15 is 0 Å². The van der Waals surface area contributed by atoms with Gasteiger partial charge in [0.15, 0.2) is 0 Å². The second-order valence-corrected chi connectivity index (χ2v) is 4.04. The molecule has 3 heteroatoms. The van der Waals surface area contributed by atoms with Gasteiger partial charge in [0.1, 0.15) is 11.9 Å². The Bertz CT molecular complexity index is 497. The quantitative estimate of drug-likeness (QED) is 0.824. The fourth-order valence-corrected chi connectivity index (χ4v) is 2.04. The van der Waals surface area contributed by atoms with Crippen molar-refractivity contribution < 1.29 is 4.74 Å². The highest BCUT2D eigenvalue weighted by Gasteiger charge is 2.19. The molecule has 0 bridgehead atoms. The largest absolute Gasteiger partial charge is 0.497 e. The van der Waals surface area contributed by atoms with Gasteiger partial charge in [0.2, 0.25) is 0 Å². The van der Waals surface area contributed by atoms with Crippen LogP contribution in [0, 0.1) is 0 Å². The van der Waals surface area contributed by atoms with Gasteiger partial charge in [-0.2, -0.15) is 0 Å². The first-order valence-electron chi connectivity index (χ1n) is 5.63. The fourth-order valence-electron chi connectivity index (χ4n) is 2.04. The molecule has 0 amide bonds. The molecule has 0 saturated heterocycles. The van der Waals surface area contributed by atoms with E-state index in [1.54, 1.807) is 7.11 Å². The summed E-state index contributed by atoms with van der Waals surface area (Å²) in [4.78, 5) is 0. The number of para-hydroxylation sites is 2. The van der Waals surface area contributed by atoms with Gasteiger partial charge in [-0.3, -0.25) is 0 Å². The summed E-state index contributed by atoms with van der Waals surface area (Å²) in [5.74, 6) is 0.879. The van der Waals surface area contributed by atoms with Gasteiger partial charge >= 0.3 is 0 Å². The van der Waals surface area contributed by atoms with Gasteiger partial charge in [-0.25, -0.2) is 0 Å². The van der Waals surface area contributed by atoms with E-state index < -0.39 is 0 Å². The molecule has 0 atom stereocenters. The number of hydrogen-bond acceptors (Lipinski definition) is 3. The third-order valence-corrected chi connectivity index (χ3v) is 2.98. The predicted molar refractivity (Wildman–Crippen MR) is 69.4 cm³/mol. The van der Waals surface area contributed by atoms with E-state index in [-0.39, 0.29) is 6.17 Å². The van der Waals surface area contributed by atoms with Crippen molar-refractivity contribution in [2.24, 2.45) is 0 Å². The molecule has 2 aromatic rings. The number of anilines is 2. The molecule has 2 N–H and O–H groups in total. The zero-order chi connectivity index (χ0) is 11.7. The summed E-state index contributed by atoms with van der Waals surface area (Å²) in [7, 11) is 1.68. The molecular weight excluding hydrogens is 212 g/mol. The van der Waals surface area contributed by atoms with Gasteiger partial charge < -0.3 is 15.4 Å². The molecule has 0 fully saturated rings. The van der Waals surface area contributed by atoms with Crippen LogP contribution in [0.2, 0.25) is 0 Å². The van der Waals surface area contributed by atoms with Crippen LogP contribution < -0.4 is 15.4 Å². The van der Waals surface area contributed by atoms with E-state index in [1.807, 2.05) is 24.3 Å². The van der Waals surface area contributed by atoms with Gasteiger partial charge in [0, 0.05) is 0 Å². The van der Waals surface area contributed by atoms with Crippen LogP contribution in [0.5, 0.6) is 5.75 Å². The van der Waals surface area contributed by atoms with E-state index in [4.69, 9.17) is 4.74 Å². The number of benzene rings is 2. The van der Waals surface area contributed by atoms with E-state index in [0.29, 0.717) is 0 Å². The number of fused-ring (bicyclic) bond motifs is 1. The molecule has 3 rings (SSSR count). The lowest BCUT2D eigenvalue weighted by Gasteiger charge is -2.13. The zero-order valence-corrected chi connectivity index (χ0v) is 9.60. The van der Waals surface area contributed by atoms with Gasteiger partial charge in [-0.05, 0) is 29.8 Å². The van der Waals surface area contributed by atoms with Crippen LogP contribution in [0.1, 0.15) is 11.7 Å². The Morgan fingerprint density at radius 3 is 2.00 bits per heavy atom. The van der Waals surface area contributed by atoms with Crippen LogP contribution in [-0.4, -0.2) is 7.11 Å². The van der Waals surface area contributed by atoms with Crippen molar-refractivity contribution in [1.29, 1.82) is 0 Å². The molecule has 0 saturated carbocycles. The van der Waals surface area contributed by atoms with Gasteiger partial charge in [0.05, 0.1) is 18.5 Å². The highest BCUT2D eigenvalue weighted by atomic mass is 16.5. The molecule has 86 valence electrons. The molecule has 2 aromatic carbocycles. The molecule has 0 aromatic heterocycles. The van der Waals surface area contributed by atoms with Gasteiger partial charge in [-0.15, -0.1) is 0 Å². The highest BCUT2D eigenvalue weighted by Crippen LogP contribution is 2.34. The third-order valence-electron chi connectivity index (χ3n) is 2.98. The minimum atomic E-state index is 0.137. The van der Waals surface area contributed by atoms with Crippen molar-refractivity contribution in [3.05, 3.63) is 54.1 Å². The Kier molecular flexibility index (Phi) is 2.37. The van der Waals surface area contributed by atoms with Gasteiger partial charge in [0.25, 0.3) is 0 Å². The zero-order valence-electron chi connectivity index (χ0n) is 9.60. The average Bonchev–Trinajstić information content (AvgIpc) is 2.82. The van der Waals surface area contributed by atoms with Crippen molar-refractivity contribution in [1.82, 2.24) is 0 Å². The molecule has 3 nitrogen and oxygen atoms in total. The van der Waals surface area contributed by atoms with Gasteiger partial charge in [-0.1, -0.05) is 24.3 Å². The van der Waals surface area contributed by atoms with Crippen LogP contribution in [0.4, 0.5) is 11.4 Å². The lowest BCUT2D eigenvalue weighted by atomic mass is 10.2. The summed E-state index contributed by atoms with van der Waals surface area (Å²) in [6, 6.07) is 16.3. The molecule has 0 spiro atoms. The molecule has 17 heavy (non-hydrogen) atoms. The molecule has 1 aliphatic rings. The summed E-state index contributed by atoms with van der Waals surface area (Å²) >= 11 is 0. The minimum absolute atomic E-state index is 0.137. The molecule has 0 radical (unpaired) electrons. The summed E-state index contributed by atoms with van der Waals surface area (Å²) in [6.07, 6.45) is 0.137. The topological polar surface area (TPSA) is 33.3 Å². The first-order valence-corrected chi connectivity index (χ1v) is 5.63. The summed E-state index contributed by atoms with van der Waals surface area (Å²) in [5, 5.41) is 6.87. The van der Waals surface area contributed by atoms with Crippen molar-refractivity contribution in [3.63, 3.8) is 0 Å². The fraction of sp³-hybridized carbons (Fsp3) is 0.143. The Balaban J connectivity index is 1.83. The Hall–Kier alpha value is -2.16. The van der Waals surface area contributed by atoms with Crippen molar-refractivity contribution in [3.8, 4) is 5.75 Å². The maximum absolute atomic E-state index is 5.15. The number of nitrogens with one attached hydrogen (secondary N) is 2. The van der Waals surface area contributed by atoms with Crippen molar-refractivity contribution >= 4 is 11.4 Å². The molecule has 0 unspecified atom stereocenters. The summed E-state index contributed by atoms with van der Waals surface area (Å²) < 4.78 is 5.15. The smallest absolute Gasteiger partial charge is 0.123 e. The van der Waals surface area contributed by atoms with Crippen LogP contribution in [-0.2, 0) is 0 Å². The Morgan fingerprint density at radius 2 is 1.47 bits per heavy atom. The maximum atomic E-state index is 5.15. The first-order chi connectivity index (χ1) is 8.36. The van der Waals surface area contributed by atoms with E-state index in [0.717, 1.165) is 17.1 Å². The van der Waals surface area contributed by atoms with E-state index in [2.05, 4.69) is 34.9 Å². The predicted octanol–water partition coefficient (Wildman–Crippen LogP) is 3.23. The normalized spacial score (nSPS) is 13.7. The highest BCUT2D eigenvalue weighted by molar-refractivity contribution is 5.74. The summed E-state index contributed by atoms with van der Waals surface area (Å²) in [6.45, 7) is 0. The standard InChI is InChI=1S/C14H14N2O/c1-17-11-8-6-10(7-9-11)14-15-12-4-2-3-5-13(12)16-14/h2-9,14-16H,1H3. The molecule has 1 heterocycles. The number of hydrogen-bond donors (Lipinski definition) is 2. The second-order valence-electron chi connectivity index (χ2n) is 4.04. The second kappa shape index (κ2) is 4.01. The lowest BCUT2D eigenvalue weighted by Crippen LogP contribution is -2.11. The number of methoxy groups -OCH3 is 1.